The molecule has 1 aliphatic carbocycles. The molecule has 1 heterocycles. The van der Waals surface area contributed by atoms with E-state index in [1.54, 1.807) is 0 Å². The molecule has 1 saturated carbocycles. The monoisotopic (exact) mass is 368 g/mol. The van der Waals surface area contributed by atoms with Gasteiger partial charge in [-0.1, -0.05) is 31.1 Å². The summed E-state index contributed by atoms with van der Waals surface area (Å²) < 4.78 is 5.39. The second kappa shape index (κ2) is 9.92. The van der Waals surface area contributed by atoms with Crippen molar-refractivity contribution in [2.75, 3.05) is 44.3 Å². The molecule has 1 aliphatic heterocycles. The van der Waals surface area contributed by atoms with Crippen molar-refractivity contribution < 1.29 is 9.53 Å². The van der Waals surface area contributed by atoms with Crippen LogP contribution in [0.3, 0.4) is 0 Å². The van der Waals surface area contributed by atoms with E-state index in [1.165, 1.54) is 37.8 Å². The van der Waals surface area contributed by atoms with E-state index in [0.717, 1.165) is 62.4 Å². The van der Waals surface area contributed by atoms with Crippen LogP contribution in [0.25, 0.3) is 0 Å². The summed E-state index contributed by atoms with van der Waals surface area (Å²) in [6.45, 7) is 9.47. The quantitative estimate of drug-likeness (QED) is 0.587. The fourth-order valence-corrected chi connectivity index (χ4v) is 4.24. The molecule has 2 aliphatic rings. The van der Waals surface area contributed by atoms with Crippen LogP contribution in [0.4, 0.5) is 5.69 Å². The zero-order valence-corrected chi connectivity index (χ0v) is 16.8. The Bertz CT molecular complexity index is 692. The lowest BCUT2D eigenvalue weighted by Crippen LogP contribution is -2.37. The summed E-state index contributed by atoms with van der Waals surface area (Å²) in [7, 11) is 0. The van der Waals surface area contributed by atoms with E-state index < -0.39 is 0 Å². The molecule has 3 rings (SSSR count). The molecule has 0 bridgehead atoms. The minimum Gasteiger partial charge on any atom is -0.379 e. The van der Waals surface area contributed by atoms with Gasteiger partial charge >= 0.3 is 0 Å². The van der Waals surface area contributed by atoms with Gasteiger partial charge in [0.15, 0.2) is 0 Å². The van der Waals surface area contributed by atoms with E-state index in [0.29, 0.717) is 6.04 Å². The van der Waals surface area contributed by atoms with Crippen molar-refractivity contribution in [1.82, 2.24) is 4.90 Å². The lowest BCUT2D eigenvalue weighted by atomic mass is 9.92. The highest BCUT2D eigenvalue weighted by molar-refractivity contribution is 5.82. The first-order valence-corrected chi connectivity index (χ1v) is 10.4. The third kappa shape index (κ3) is 5.12. The molecule has 4 heteroatoms. The van der Waals surface area contributed by atoms with E-state index in [9.17, 15) is 4.79 Å². The summed E-state index contributed by atoms with van der Waals surface area (Å²) in [6, 6.07) is 4.71. The third-order valence-corrected chi connectivity index (χ3v) is 5.85. The summed E-state index contributed by atoms with van der Waals surface area (Å²) in [6.07, 6.45) is 7.42. The van der Waals surface area contributed by atoms with Crippen LogP contribution in [0, 0.1) is 18.8 Å². The van der Waals surface area contributed by atoms with E-state index in [2.05, 4.69) is 41.6 Å². The SMILES string of the molecule is CCN(c1cc(C#CCN2CCOCC2)cc(C=O)c1C)C1CCCCC1. The highest BCUT2D eigenvalue weighted by atomic mass is 16.5. The van der Waals surface area contributed by atoms with Crippen LogP contribution in [0.5, 0.6) is 0 Å². The van der Waals surface area contributed by atoms with Gasteiger partial charge in [0.2, 0.25) is 0 Å². The van der Waals surface area contributed by atoms with Gasteiger partial charge in [0, 0.05) is 42.5 Å². The Kier molecular flexibility index (Phi) is 7.32. The van der Waals surface area contributed by atoms with Gasteiger partial charge in [-0.3, -0.25) is 9.69 Å². The molecule has 0 aromatic heterocycles. The maximum Gasteiger partial charge on any atom is 0.150 e. The number of nitrogens with zero attached hydrogens (tertiary/aromatic N) is 2. The Balaban J connectivity index is 1.82. The van der Waals surface area contributed by atoms with Gasteiger partial charge in [-0.15, -0.1) is 0 Å². The maximum atomic E-state index is 11.7. The molecule has 0 radical (unpaired) electrons. The minimum atomic E-state index is 0.582. The van der Waals surface area contributed by atoms with Crippen molar-refractivity contribution in [3.63, 3.8) is 0 Å². The Morgan fingerprint density at radius 2 is 1.96 bits per heavy atom. The number of carbonyl (C=O) groups excluding carboxylic acids is 1. The number of carbonyl (C=O) groups is 1. The first-order chi connectivity index (χ1) is 13.2. The molecule has 0 unspecified atom stereocenters. The topological polar surface area (TPSA) is 32.8 Å². The molecular formula is C23H32N2O2. The molecule has 27 heavy (non-hydrogen) atoms. The van der Waals surface area contributed by atoms with E-state index in [4.69, 9.17) is 4.74 Å². The summed E-state index contributed by atoms with van der Waals surface area (Å²) in [4.78, 5) is 16.5. The minimum absolute atomic E-state index is 0.582. The van der Waals surface area contributed by atoms with Gasteiger partial charge < -0.3 is 9.64 Å². The van der Waals surface area contributed by atoms with Crippen LogP contribution in [0.15, 0.2) is 12.1 Å². The first kappa shape index (κ1) is 19.9. The normalized spacial score (nSPS) is 18.6. The number of aldehydes is 1. The molecule has 1 aromatic carbocycles. The third-order valence-electron chi connectivity index (χ3n) is 5.85. The van der Waals surface area contributed by atoms with Gasteiger partial charge in [0.05, 0.1) is 19.8 Å². The predicted molar refractivity (Wildman–Crippen MR) is 111 cm³/mol. The van der Waals surface area contributed by atoms with Crippen LogP contribution in [0.2, 0.25) is 0 Å². The van der Waals surface area contributed by atoms with Gasteiger partial charge in [-0.25, -0.2) is 0 Å². The van der Waals surface area contributed by atoms with E-state index in [1.807, 2.05) is 6.07 Å². The Labute approximate surface area is 163 Å². The number of benzene rings is 1. The maximum absolute atomic E-state index is 11.7. The summed E-state index contributed by atoms with van der Waals surface area (Å²) in [5.41, 5.74) is 3.97. The number of hydrogen-bond donors (Lipinski definition) is 0. The van der Waals surface area contributed by atoms with Crippen molar-refractivity contribution >= 4 is 12.0 Å². The largest absolute Gasteiger partial charge is 0.379 e. The number of rotatable bonds is 5. The molecule has 0 atom stereocenters. The van der Waals surface area contributed by atoms with Crippen molar-refractivity contribution in [3.8, 4) is 11.8 Å². The zero-order valence-electron chi connectivity index (χ0n) is 16.8. The van der Waals surface area contributed by atoms with E-state index in [-0.39, 0.29) is 0 Å². The summed E-state index contributed by atoms with van der Waals surface area (Å²) >= 11 is 0. The van der Waals surface area contributed by atoms with Gasteiger partial charge in [-0.2, -0.15) is 0 Å². The predicted octanol–water partition coefficient (Wildman–Crippen LogP) is 3.65. The Morgan fingerprint density at radius 1 is 1.22 bits per heavy atom. The van der Waals surface area contributed by atoms with Gasteiger partial charge in [0.25, 0.3) is 0 Å². The molecule has 1 aromatic rings. The van der Waals surface area contributed by atoms with Crippen molar-refractivity contribution in [3.05, 3.63) is 28.8 Å². The Morgan fingerprint density at radius 3 is 2.63 bits per heavy atom. The molecular weight excluding hydrogens is 336 g/mol. The van der Waals surface area contributed by atoms with Gasteiger partial charge in [-0.05, 0) is 44.4 Å². The lowest BCUT2D eigenvalue weighted by Gasteiger charge is -2.36. The van der Waals surface area contributed by atoms with Crippen molar-refractivity contribution in [2.24, 2.45) is 0 Å². The molecule has 1 saturated heterocycles. The molecule has 4 nitrogen and oxygen atoms in total. The van der Waals surface area contributed by atoms with Gasteiger partial charge in [0.1, 0.15) is 6.29 Å². The Hall–Kier alpha value is -1.83. The standard InChI is InChI=1S/C23H32N2O2/c1-3-25(22-9-5-4-6-10-22)23-17-20(16-21(18-26)19(23)2)8-7-11-24-12-14-27-15-13-24/h16-18,22H,3-6,9-15H2,1-2H3. The fourth-order valence-electron chi connectivity index (χ4n) is 4.24. The van der Waals surface area contributed by atoms with Crippen LogP contribution in [-0.2, 0) is 4.74 Å². The average Bonchev–Trinajstić information content (AvgIpc) is 2.72. The number of anilines is 1. The zero-order chi connectivity index (χ0) is 19.1. The highest BCUT2D eigenvalue weighted by Gasteiger charge is 2.22. The molecule has 0 spiro atoms. The number of ether oxygens (including phenoxy) is 1. The number of morpholine rings is 1. The van der Waals surface area contributed by atoms with Crippen molar-refractivity contribution in [2.45, 2.75) is 52.0 Å². The number of hydrogen-bond acceptors (Lipinski definition) is 4. The van der Waals surface area contributed by atoms with E-state index >= 15 is 0 Å². The lowest BCUT2D eigenvalue weighted by molar-refractivity contribution is 0.0443. The second-order valence-electron chi connectivity index (χ2n) is 7.60. The smallest absolute Gasteiger partial charge is 0.150 e. The van der Waals surface area contributed by atoms with Crippen LogP contribution in [0.1, 0.15) is 60.5 Å². The highest BCUT2D eigenvalue weighted by Crippen LogP contribution is 2.31. The first-order valence-electron chi connectivity index (χ1n) is 10.4. The molecule has 2 fully saturated rings. The fraction of sp³-hybridized carbons (Fsp3) is 0.609. The van der Waals surface area contributed by atoms with Crippen LogP contribution < -0.4 is 4.90 Å². The summed E-state index contributed by atoms with van der Waals surface area (Å²) in [5.74, 6) is 6.59. The average molecular weight is 369 g/mol. The molecule has 0 amide bonds. The second-order valence-corrected chi connectivity index (χ2v) is 7.60. The summed E-state index contributed by atoms with van der Waals surface area (Å²) in [5, 5.41) is 0. The molecule has 0 N–H and O–H groups in total. The molecule has 146 valence electrons. The van der Waals surface area contributed by atoms with Crippen LogP contribution >= 0.6 is 0 Å². The van der Waals surface area contributed by atoms with Crippen molar-refractivity contribution in [1.29, 1.82) is 0 Å². The van der Waals surface area contributed by atoms with Crippen LogP contribution in [-0.4, -0.2) is 56.6 Å².